The number of amides is 1. The number of nitrogens with zero attached hydrogens (tertiary/aromatic N) is 1. The molecule has 0 bridgehead atoms. The minimum absolute atomic E-state index is 0.0598. The van der Waals surface area contributed by atoms with E-state index >= 15 is 0 Å². The van der Waals surface area contributed by atoms with Crippen molar-refractivity contribution in [2.45, 2.75) is 63.8 Å². The molecule has 2 unspecified atom stereocenters. The number of likely N-dealkylation sites (tertiary alicyclic amines) is 1. The molecule has 0 spiro atoms. The number of benzene rings is 1. The third kappa shape index (κ3) is 6.15. The van der Waals surface area contributed by atoms with Gasteiger partial charge in [-0.05, 0) is 81.5 Å². The minimum atomic E-state index is -2.58. The molecule has 2 aliphatic carbocycles. The van der Waals surface area contributed by atoms with Crippen LogP contribution in [0.25, 0.3) is 0 Å². The number of piperidine rings is 1. The second-order valence-electron chi connectivity index (χ2n) is 9.51. The maximum atomic E-state index is 14.2. The fraction of sp³-hybridized carbons (Fsp3) is 0.708. The first-order valence-corrected chi connectivity index (χ1v) is 11.7. The van der Waals surface area contributed by atoms with Gasteiger partial charge in [-0.25, -0.2) is 13.2 Å². The zero-order valence-corrected chi connectivity index (χ0v) is 18.2. The Bertz CT molecular complexity index is 776. The van der Waals surface area contributed by atoms with E-state index in [4.69, 9.17) is 4.74 Å². The molecule has 2 saturated carbocycles. The molecule has 3 aliphatic rings. The highest BCUT2D eigenvalue weighted by Crippen LogP contribution is 2.49. The largest absolute Gasteiger partial charge is 0.493 e. The van der Waals surface area contributed by atoms with E-state index in [1.165, 1.54) is 25.5 Å². The van der Waals surface area contributed by atoms with Crippen molar-refractivity contribution in [2.24, 2.45) is 17.8 Å². The van der Waals surface area contributed by atoms with Crippen LogP contribution in [0.15, 0.2) is 18.2 Å². The molecule has 1 aliphatic heterocycles. The highest BCUT2D eigenvalue weighted by atomic mass is 19.3. The normalized spacial score (nSPS) is 24.8. The van der Waals surface area contributed by atoms with Crippen molar-refractivity contribution in [1.29, 1.82) is 0 Å². The van der Waals surface area contributed by atoms with Crippen LogP contribution in [0.1, 0.15) is 62.2 Å². The highest BCUT2D eigenvalue weighted by Gasteiger charge is 2.43. The van der Waals surface area contributed by atoms with Crippen molar-refractivity contribution < 1.29 is 22.7 Å². The second kappa shape index (κ2) is 9.39. The summed E-state index contributed by atoms with van der Waals surface area (Å²) in [6, 6.07) is 4.61. The summed E-state index contributed by atoms with van der Waals surface area (Å²) in [5.41, 5.74) is 0.0598. The van der Waals surface area contributed by atoms with Crippen molar-refractivity contribution in [1.82, 2.24) is 10.2 Å². The van der Waals surface area contributed by atoms with Gasteiger partial charge in [0.15, 0.2) is 0 Å². The van der Waals surface area contributed by atoms with Gasteiger partial charge in [-0.15, -0.1) is 0 Å². The van der Waals surface area contributed by atoms with Crippen LogP contribution in [-0.2, 0) is 0 Å². The van der Waals surface area contributed by atoms with Crippen molar-refractivity contribution >= 4 is 5.91 Å². The first-order chi connectivity index (χ1) is 14.8. The number of carbonyl (C=O) groups excluding carboxylic acids is 1. The van der Waals surface area contributed by atoms with Gasteiger partial charge in [-0.1, -0.05) is 6.92 Å². The number of alkyl halides is 2. The number of rotatable bonds is 10. The van der Waals surface area contributed by atoms with Gasteiger partial charge >= 0.3 is 0 Å². The fourth-order valence-corrected chi connectivity index (χ4v) is 4.75. The van der Waals surface area contributed by atoms with Gasteiger partial charge < -0.3 is 10.1 Å². The Morgan fingerprint density at radius 2 is 1.97 bits per heavy atom. The Labute approximate surface area is 182 Å². The maximum absolute atomic E-state index is 14.2. The molecule has 0 radical (unpaired) electrons. The van der Waals surface area contributed by atoms with E-state index in [9.17, 15) is 18.0 Å². The topological polar surface area (TPSA) is 41.6 Å². The lowest BCUT2D eigenvalue weighted by molar-refractivity contribution is -0.0424. The number of halogens is 3. The molecule has 31 heavy (non-hydrogen) atoms. The quantitative estimate of drug-likeness (QED) is 0.566. The Kier molecular flexibility index (Phi) is 6.80. The van der Waals surface area contributed by atoms with Crippen molar-refractivity contribution in [3.8, 4) is 5.75 Å². The van der Waals surface area contributed by atoms with E-state index < -0.39 is 11.7 Å². The van der Waals surface area contributed by atoms with E-state index in [1.54, 1.807) is 6.07 Å². The van der Waals surface area contributed by atoms with Gasteiger partial charge in [0, 0.05) is 18.5 Å². The summed E-state index contributed by atoms with van der Waals surface area (Å²) in [5.74, 6) is -1.15. The van der Waals surface area contributed by atoms with Gasteiger partial charge in [0.2, 0.25) is 0 Å². The predicted molar refractivity (Wildman–Crippen MR) is 113 cm³/mol. The number of nitrogens with one attached hydrogen (secondary N) is 1. The van der Waals surface area contributed by atoms with Gasteiger partial charge in [0.05, 0.1) is 18.7 Å². The number of hydrogen-bond acceptors (Lipinski definition) is 3. The standard InChI is InChI=1S/C24H33F3N2O2/c1-2-24(26,27)15-29-10-7-16(8-11-29)21-13-17(21)9-12-31-19-5-6-20(22(25)14-19)23(30)28-18-3-4-18/h5-6,14,16-18,21H,2-4,7-13,15H2,1H3,(H,28,30). The molecule has 1 amide bonds. The lowest BCUT2D eigenvalue weighted by Crippen LogP contribution is -2.41. The Morgan fingerprint density at radius 1 is 1.23 bits per heavy atom. The summed E-state index contributed by atoms with van der Waals surface area (Å²) in [7, 11) is 0. The third-order valence-corrected chi connectivity index (χ3v) is 7.04. The monoisotopic (exact) mass is 438 g/mol. The third-order valence-electron chi connectivity index (χ3n) is 7.04. The molecule has 1 aromatic rings. The molecule has 1 N–H and O–H groups in total. The molecule has 1 heterocycles. The first-order valence-electron chi connectivity index (χ1n) is 11.7. The maximum Gasteiger partial charge on any atom is 0.260 e. The summed E-state index contributed by atoms with van der Waals surface area (Å²) in [5, 5.41) is 2.79. The molecule has 4 nitrogen and oxygen atoms in total. The number of carbonyl (C=O) groups is 1. The molecular weight excluding hydrogens is 405 g/mol. The number of ether oxygens (including phenoxy) is 1. The number of hydrogen-bond donors (Lipinski definition) is 1. The van der Waals surface area contributed by atoms with Crippen LogP contribution >= 0.6 is 0 Å². The minimum Gasteiger partial charge on any atom is -0.493 e. The summed E-state index contributed by atoms with van der Waals surface area (Å²) in [4.78, 5) is 13.9. The van der Waals surface area contributed by atoms with E-state index in [0.29, 0.717) is 30.1 Å². The molecule has 1 aromatic carbocycles. The van der Waals surface area contributed by atoms with Crippen molar-refractivity contribution in [2.75, 3.05) is 26.2 Å². The molecular formula is C24H33F3N2O2. The molecule has 0 aromatic heterocycles. The molecule has 3 fully saturated rings. The van der Waals surface area contributed by atoms with Gasteiger partial charge in [0.25, 0.3) is 11.8 Å². The summed E-state index contributed by atoms with van der Waals surface area (Å²) < 4.78 is 47.1. The molecule has 172 valence electrons. The fourth-order valence-electron chi connectivity index (χ4n) is 4.75. The van der Waals surface area contributed by atoms with Gasteiger partial charge in [-0.3, -0.25) is 9.69 Å². The highest BCUT2D eigenvalue weighted by molar-refractivity contribution is 5.95. The van der Waals surface area contributed by atoms with Crippen LogP contribution in [-0.4, -0.2) is 49.0 Å². The van der Waals surface area contributed by atoms with E-state index in [1.807, 2.05) is 4.90 Å². The van der Waals surface area contributed by atoms with Crippen LogP contribution in [0.5, 0.6) is 5.75 Å². The molecule has 7 heteroatoms. The molecule has 1 saturated heterocycles. The summed E-state index contributed by atoms with van der Waals surface area (Å²) >= 11 is 0. The van der Waals surface area contributed by atoms with Crippen LogP contribution in [0.2, 0.25) is 0 Å². The smallest absolute Gasteiger partial charge is 0.260 e. The zero-order chi connectivity index (χ0) is 22.0. The average molecular weight is 439 g/mol. The Balaban J connectivity index is 1.15. The van der Waals surface area contributed by atoms with Gasteiger partial charge in [0.1, 0.15) is 11.6 Å². The van der Waals surface area contributed by atoms with Crippen molar-refractivity contribution in [3.05, 3.63) is 29.6 Å². The summed E-state index contributed by atoms with van der Waals surface area (Å²) in [6.45, 7) is 3.48. The summed E-state index contributed by atoms with van der Waals surface area (Å²) in [6.07, 6.45) is 5.92. The van der Waals surface area contributed by atoms with Crippen LogP contribution in [0.4, 0.5) is 13.2 Å². The van der Waals surface area contributed by atoms with Gasteiger partial charge in [-0.2, -0.15) is 0 Å². The van der Waals surface area contributed by atoms with E-state index in [2.05, 4.69) is 5.32 Å². The Morgan fingerprint density at radius 3 is 2.61 bits per heavy atom. The van der Waals surface area contributed by atoms with Crippen LogP contribution < -0.4 is 10.1 Å². The first kappa shape index (κ1) is 22.4. The zero-order valence-electron chi connectivity index (χ0n) is 18.2. The second-order valence-corrected chi connectivity index (χ2v) is 9.51. The van der Waals surface area contributed by atoms with E-state index in [0.717, 1.165) is 45.2 Å². The Hall–Kier alpha value is -1.76. The van der Waals surface area contributed by atoms with Crippen LogP contribution in [0.3, 0.4) is 0 Å². The van der Waals surface area contributed by atoms with Crippen molar-refractivity contribution in [3.63, 3.8) is 0 Å². The van der Waals surface area contributed by atoms with Crippen LogP contribution in [0, 0.1) is 23.6 Å². The molecule has 4 rings (SSSR count). The van der Waals surface area contributed by atoms with E-state index in [-0.39, 0.29) is 30.5 Å². The SMILES string of the molecule is CCC(F)(F)CN1CCC(C2CC2CCOc2ccc(C(=O)NC3CC3)c(F)c2)CC1. The lowest BCUT2D eigenvalue weighted by Gasteiger charge is -2.34. The average Bonchev–Trinajstić information content (AvgIpc) is 3.65. The molecule has 2 atom stereocenters. The predicted octanol–water partition coefficient (Wildman–Crippen LogP) is 4.88. The lowest BCUT2D eigenvalue weighted by atomic mass is 9.90.